The van der Waals surface area contributed by atoms with Gasteiger partial charge >= 0.3 is 5.97 Å². The number of hydrogen-bond acceptors (Lipinski definition) is 4. The Morgan fingerprint density at radius 3 is 2.61 bits per heavy atom. The van der Waals surface area contributed by atoms with Crippen molar-refractivity contribution < 1.29 is 19.1 Å². The van der Waals surface area contributed by atoms with Crippen LogP contribution in [0.4, 0.5) is 0 Å². The molecular formula is C17H20N2O4. The summed E-state index contributed by atoms with van der Waals surface area (Å²) in [6.45, 7) is 4.19. The first-order valence-electron chi connectivity index (χ1n) is 7.68. The van der Waals surface area contributed by atoms with E-state index in [1.54, 1.807) is 11.1 Å². The molecule has 1 atom stereocenters. The number of carbonyl (C=O) groups is 2. The highest BCUT2D eigenvalue weighted by molar-refractivity contribution is 6.04. The van der Waals surface area contributed by atoms with Crippen molar-refractivity contribution in [1.82, 2.24) is 9.47 Å². The summed E-state index contributed by atoms with van der Waals surface area (Å²) >= 11 is 0. The Morgan fingerprint density at radius 1 is 1.22 bits per heavy atom. The van der Waals surface area contributed by atoms with Crippen LogP contribution in [0, 0.1) is 0 Å². The van der Waals surface area contributed by atoms with E-state index in [1.807, 2.05) is 35.8 Å². The molecule has 1 fully saturated rings. The van der Waals surface area contributed by atoms with Gasteiger partial charge in [0.1, 0.15) is 6.04 Å². The molecule has 1 aromatic heterocycles. The predicted molar refractivity (Wildman–Crippen MR) is 85.4 cm³/mol. The van der Waals surface area contributed by atoms with Crippen LogP contribution in [0.15, 0.2) is 30.5 Å². The topological polar surface area (TPSA) is 60.8 Å². The number of morpholine rings is 1. The number of benzene rings is 1. The molecule has 122 valence electrons. The Hall–Kier alpha value is -2.34. The van der Waals surface area contributed by atoms with Crippen molar-refractivity contribution in [2.45, 2.75) is 13.0 Å². The summed E-state index contributed by atoms with van der Waals surface area (Å²) in [4.78, 5) is 26.5. The smallest absolute Gasteiger partial charge is 0.340 e. The Kier molecular flexibility index (Phi) is 4.34. The molecular weight excluding hydrogens is 296 g/mol. The van der Waals surface area contributed by atoms with E-state index >= 15 is 0 Å². The Morgan fingerprint density at radius 2 is 1.91 bits per heavy atom. The lowest BCUT2D eigenvalue weighted by Crippen LogP contribution is -2.43. The maximum Gasteiger partial charge on any atom is 0.340 e. The van der Waals surface area contributed by atoms with Gasteiger partial charge in [0.2, 0.25) is 5.91 Å². The summed E-state index contributed by atoms with van der Waals surface area (Å²) in [5.74, 6) is -0.364. The molecule has 0 aliphatic carbocycles. The summed E-state index contributed by atoms with van der Waals surface area (Å²) in [6, 6.07) is 7.14. The molecule has 3 rings (SSSR count). The van der Waals surface area contributed by atoms with Crippen LogP contribution in [0.1, 0.15) is 23.3 Å². The largest absolute Gasteiger partial charge is 0.465 e. The lowest BCUT2D eigenvalue weighted by atomic mass is 10.2. The first-order chi connectivity index (χ1) is 11.1. The van der Waals surface area contributed by atoms with Crippen LogP contribution in [0.3, 0.4) is 0 Å². The van der Waals surface area contributed by atoms with Crippen LogP contribution in [0.5, 0.6) is 0 Å². The highest BCUT2D eigenvalue weighted by Crippen LogP contribution is 2.26. The molecule has 1 aliphatic heterocycles. The number of ether oxygens (including phenoxy) is 2. The van der Waals surface area contributed by atoms with Crippen molar-refractivity contribution in [2.24, 2.45) is 0 Å². The quantitative estimate of drug-likeness (QED) is 0.811. The molecule has 1 saturated heterocycles. The second-order valence-corrected chi connectivity index (χ2v) is 5.57. The monoisotopic (exact) mass is 316 g/mol. The Labute approximate surface area is 134 Å². The van der Waals surface area contributed by atoms with E-state index in [2.05, 4.69) is 0 Å². The fourth-order valence-electron chi connectivity index (χ4n) is 2.96. The molecule has 1 amide bonds. The number of methoxy groups -OCH3 is 1. The molecule has 1 aromatic carbocycles. The third-order valence-corrected chi connectivity index (χ3v) is 4.24. The molecule has 0 radical (unpaired) electrons. The molecule has 0 N–H and O–H groups in total. The molecule has 6 heteroatoms. The van der Waals surface area contributed by atoms with Gasteiger partial charge in [-0.15, -0.1) is 0 Å². The number of nitrogens with zero attached hydrogens (tertiary/aromatic N) is 2. The number of hydrogen-bond donors (Lipinski definition) is 0. The number of rotatable bonds is 3. The summed E-state index contributed by atoms with van der Waals surface area (Å²) < 4.78 is 12.0. The van der Waals surface area contributed by atoms with Crippen LogP contribution >= 0.6 is 0 Å². The second kappa shape index (κ2) is 6.42. The van der Waals surface area contributed by atoms with Crippen molar-refractivity contribution in [1.29, 1.82) is 0 Å². The molecule has 23 heavy (non-hydrogen) atoms. The zero-order chi connectivity index (χ0) is 16.4. The minimum atomic E-state index is -0.397. The van der Waals surface area contributed by atoms with Crippen LogP contribution in [0.25, 0.3) is 10.9 Å². The fourth-order valence-corrected chi connectivity index (χ4v) is 2.96. The van der Waals surface area contributed by atoms with Gasteiger partial charge in [-0.3, -0.25) is 4.79 Å². The van der Waals surface area contributed by atoms with E-state index in [-0.39, 0.29) is 5.91 Å². The molecule has 1 aliphatic rings. The molecule has 0 spiro atoms. The number of fused-ring (bicyclic) bond motifs is 1. The highest BCUT2D eigenvalue weighted by Gasteiger charge is 2.26. The van der Waals surface area contributed by atoms with E-state index < -0.39 is 12.0 Å². The van der Waals surface area contributed by atoms with Crippen LogP contribution in [0.2, 0.25) is 0 Å². The maximum atomic E-state index is 12.7. The van der Waals surface area contributed by atoms with Crippen LogP contribution in [-0.2, 0) is 14.3 Å². The predicted octanol–water partition coefficient (Wildman–Crippen LogP) is 1.85. The van der Waals surface area contributed by atoms with Crippen molar-refractivity contribution >= 4 is 22.8 Å². The molecule has 0 unspecified atom stereocenters. The third kappa shape index (κ3) is 2.82. The van der Waals surface area contributed by atoms with Crippen molar-refractivity contribution in [3.63, 3.8) is 0 Å². The SMILES string of the molecule is COC(=O)c1cn([C@@H](C)C(=O)N2CCOCC2)c2ccccc12. The van der Waals surface area contributed by atoms with E-state index in [0.717, 1.165) is 10.9 Å². The van der Waals surface area contributed by atoms with Gasteiger partial charge in [-0.1, -0.05) is 18.2 Å². The minimum absolute atomic E-state index is 0.0328. The van der Waals surface area contributed by atoms with E-state index in [0.29, 0.717) is 31.9 Å². The zero-order valence-electron chi connectivity index (χ0n) is 13.3. The van der Waals surface area contributed by atoms with Gasteiger partial charge in [0, 0.05) is 30.2 Å². The lowest BCUT2D eigenvalue weighted by molar-refractivity contribution is -0.138. The third-order valence-electron chi connectivity index (χ3n) is 4.24. The van der Waals surface area contributed by atoms with Crippen LogP contribution < -0.4 is 0 Å². The lowest BCUT2D eigenvalue weighted by Gasteiger charge is -2.30. The number of para-hydroxylation sites is 1. The van der Waals surface area contributed by atoms with Crippen molar-refractivity contribution in [3.8, 4) is 0 Å². The number of carbonyl (C=O) groups excluding carboxylic acids is 2. The number of esters is 1. The fraction of sp³-hybridized carbons (Fsp3) is 0.412. The number of amides is 1. The molecule has 6 nitrogen and oxygen atoms in total. The summed E-state index contributed by atoms with van der Waals surface area (Å²) in [7, 11) is 1.36. The average molecular weight is 316 g/mol. The summed E-state index contributed by atoms with van der Waals surface area (Å²) in [5.41, 5.74) is 1.33. The minimum Gasteiger partial charge on any atom is -0.465 e. The van der Waals surface area contributed by atoms with Crippen molar-refractivity contribution in [3.05, 3.63) is 36.0 Å². The van der Waals surface area contributed by atoms with Gasteiger partial charge in [0.25, 0.3) is 0 Å². The van der Waals surface area contributed by atoms with Gasteiger partial charge in [-0.05, 0) is 13.0 Å². The summed E-state index contributed by atoms with van der Waals surface area (Å²) in [6.07, 6.45) is 1.71. The van der Waals surface area contributed by atoms with Gasteiger partial charge in [0.05, 0.1) is 25.9 Å². The van der Waals surface area contributed by atoms with Crippen LogP contribution in [-0.4, -0.2) is 54.8 Å². The Bertz CT molecular complexity index is 731. The second-order valence-electron chi connectivity index (χ2n) is 5.57. The first-order valence-corrected chi connectivity index (χ1v) is 7.68. The van der Waals surface area contributed by atoms with Crippen molar-refractivity contribution in [2.75, 3.05) is 33.4 Å². The van der Waals surface area contributed by atoms with Gasteiger partial charge in [0.15, 0.2) is 0 Å². The van der Waals surface area contributed by atoms with Gasteiger partial charge in [-0.2, -0.15) is 0 Å². The maximum absolute atomic E-state index is 12.7. The molecule has 0 saturated carbocycles. The number of aromatic nitrogens is 1. The van der Waals surface area contributed by atoms with Gasteiger partial charge in [-0.25, -0.2) is 4.79 Å². The summed E-state index contributed by atoms with van der Waals surface area (Å²) in [5, 5.41) is 0.793. The van der Waals surface area contributed by atoms with E-state index in [4.69, 9.17) is 9.47 Å². The van der Waals surface area contributed by atoms with Gasteiger partial charge < -0.3 is 18.9 Å². The van der Waals surface area contributed by atoms with E-state index in [1.165, 1.54) is 7.11 Å². The zero-order valence-corrected chi connectivity index (χ0v) is 13.3. The standard InChI is InChI=1S/C17H20N2O4/c1-12(16(20)18-7-9-23-10-8-18)19-11-14(17(21)22-2)13-5-3-4-6-15(13)19/h3-6,11-12H,7-10H2,1-2H3/t12-/m0/s1. The molecule has 0 bridgehead atoms. The highest BCUT2D eigenvalue weighted by atomic mass is 16.5. The normalized spacial score (nSPS) is 16.3. The Balaban J connectivity index is 1.98. The molecule has 2 heterocycles. The molecule has 2 aromatic rings. The average Bonchev–Trinajstić information content (AvgIpc) is 3.00. The first kappa shape index (κ1) is 15.6. The van der Waals surface area contributed by atoms with E-state index in [9.17, 15) is 9.59 Å².